The second-order valence-corrected chi connectivity index (χ2v) is 9.36. The van der Waals surface area contributed by atoms with E-state index in [-0.39, 0.29) is 5.91 Å². The second kappa shape index (κ2) is 10.5. The summed E-state index contributed by atoms with van der Waals surface area (Å²) in [6, 6.07) is 9.83. The van der Waals surface area contributed by atoms with Crippen molar-refractivity contribution < 1.29 is 9.53 Å². The number of rotatable bonds is 9. The van der Waals surface area contributed by atoms with E-state index in [1.54, 1.807) is 7.11 Å². The van der Waals surface area contributed by atoms with Gasteiger partial charge in [-0.05, 0) is 44.1 Å². The number of methoxy groups -OCH3 is 1. The van der Waals surface area contributed by atoms with E-state index < -0.39 is 0 Å². The van der Waals surface area contributed by atoms with Crippen LogP contribution in [0.25, 0.3) is 21.5 Å². The first-order chi connectivity index (χ1) is 15.6. The van der Waals surface area contributed by atoms with Crippen LogP contribution in [-0.2, 0) is 7.05 Å². The zero-order chi connectivity index (χ0) is 22.5. The first-order valence-electron chi connectivity index (χ1n) is 11.4. The predicted octanol–water partition coefficient (Wildman–Crippen LogP) is 3.46. The van der Waals surface area contributed by atoms with Gasteiger partial charge >= 0.3 is 0 Å². The molecule has 1 saturated heterocycles. The number of carbonyl (C=O) groups is 1. The molecule has 7 nitrogen and oxygen atoms in total. The molecule has 1 amide bonds. The Labute approximate surface area is 194 Å². The molecule has 1 N–H and O–H groups in total. The minimum absolute atomic E-state index is 0.00411. The first kappa shape index (κ1) is 22.8. The fourth-order valence-electron chi connectivity index (χ4n) is 4.28. The Hall–Kier alpha value is -2.42. The SMILES string of the molecule is CCCN1CCN(CCCNC(=O)c2cc3c(-c4cccc(OC)c4)nn(C)c3s2)CC1. The van der Waals surface area contributed by atoms with Gasteiger partial charge in [0.2, 0.25) is 0 Å². The van der Waals surface area contributed by atoms with Gasteiger partial charge in [0.15, 0.2) is 0 Å². The number of benzene rings is 1. The summed E-state index contributed by atoms with van der Waals surface area (Å²) >= 11 is 1.49. The molecule has 0 unspecified atom stereocenters. The summed E-state index contributed by atoms with van der Waals surface area (Å²) in [5.41, 5.74) is 1.86. The molecule has 1 aliphatic rings. The second-order valence-electron chi connectivity index (χ2n) is 8.33. The number of carbonyl (C=O) groups excluding carboxylic acids is 1. The van der Waals surface area contributed by atoms with Gasteiger partial charge in [-0.25, -0.2) is 0 Å². The number of hydrogen-bond donors (Lipinski definition) is 1. The van der Waals surface area contributed by atoms with Crippen LogP contribution in [0.4, 0.5) is 0 Å². The first-order valence-corrected chi connectivity index (χ1v) is 12.2. The van der Waals surface area contributed by atoms with Crippen molar-refractivity contribution in [3.05, 3.63) is 35.2 Å². The number of amides is 1. The standard InChI is InChI=1S/C24H33N5O2S/c1-4-10-28-12-14-29(15-13-28)11-6-9-25-23(30)21-17-20-22(26-27(2)24(20)32-21)18-7-5-8-19(16-18)31-3/h5,7-8,16-17H,4,6,9-15H2,1-3H3,(H,25,30). The highest BCUT2D eigenvalue weighted by atomic mass is 32.1. The molecule has 1 aromatic carbocycles. The van der Waals surface area contributed by atoms with Crippen molar-refractivity contribution in [3.8, 4) is 17.0 Å². The molecule has 0 bridgehead atoms. The summed E-state index contributed by atoms with van der Waals surface area (Å²) in [4.78, 5) is 19.5. The van der Waals surface area contributed by atoms with E-state index in [0.717, 1.165) is 71.2 Å². The molecule has 0 atom stereocenters. The summed E-state index contributed by atoms with van der Waals surface area (Å²) in [6.07, 6.45) is 2.20. The Bertz CT molecular complexity index is 1050. The van der Waals surface area contributed by atoms with Crippen LogP contribution in [0.3, 0.4) is 0 Å². The molecule has 1 aliphatic heterocycles. The van der Waals surface area contributed by atoms with Gasteiger partial charge in [0.05, 0.1) is 12.0 Å². The number of nitrogens with zero attached hydrogens (tertiary/aromatic N) is 4. The highest BCUT2D eigenvalue weighted by Crippen LogP contribution is 2.34. The average Bonchev–Trinajstić information content (AvgIpc) is 3.38. The van der Waals surface area contributed by atoms with E-state index in [4.69, 9.17) is 4.74 Å². The third-order valence-electron chi connectivity index (χ3n) is 6.02. The number of fused-ring (bicyclic) bond motifs is 1. The van der Waals surface area contributed by atoms with Crippen molar-refractivity contribution in [3.63, 3.8) is 0 Å². The molecule has 2 aromatic heterocycles. The molecule has 32 heavy (non-hydrogen) atoms. The fourth-order valence-corrected chi connectivity index (χ4v) is 5.27. The maximum Gasteiger partial charge on any atom is 0.261 e. The normalized spacial score (nSPS) is 15.3. The summed E-state index contributed by atoms with van der Waals surface area (Å²) in [5.74, 6) is 0.789. The summed E-state index contributed by atoms with van der Waals surface area (Å²) in [6.45, 7) is 9.75. The molecule has 1 fully saturated rings. The highest BCUT2D eigenvalue weighted by molar-refractivity contribution is 7.20. The summed E-state index contributed by atoms with van der Waals surface area (Å²) < 4.78 is 7.20. The number of aryl methyl sites for hydroxylation is 1. The van der Waals surface area contributed by atoms with E-state index >= 15 is 0 Å². The average molecular weight is 456 g/mol. The van der Waals surface area contributed by atoms with Crippen LogP contribution < -0.4 is 10.1 Å². The van der Waals surface area contributed by atoms with Crippen LogP contribution in [0.5, 0.6) is 5.75 Å². The van der Waals surface area contributed by atoms with Crippen molar-refractivity contribution in [2.24, 2.45) is 7.05 Å². The monoisotopic (exact) mass is 455 g/mol. The van der Waals surface area contributed by atoms with Crippen LogP contribution in [-0.4, -0.2) is 78.4 Å². The Kier molecular flexibility index (Phi) is 7.44. The Morgan fingerprint density at radius 3 is 2.62 bits per heavy atom. The van der Waals surface area contributed by atoms with Crippen LogP contribution in [0.2, 0.25) is 0 Å². The maximum absolute atomic E-state index is 12.8. The summed E-state index contributed by atoms with van der Waals surface area (Å²) in [7, 11) is 3.58. The van der Waals surface area contributed by atoms with E-state index in [9.17, 15) is 4.79 Å². The number of ether oxygens (including phenoxy) is 1. The molecule has 3 aromatic rings. The van der Waals surface area contributed by atoms with E-state index in [1.165, 1.54) is 24.3 Å². The zero-order valence-electron chi connectivity index (χ0n) is 19.3. The van der Waals surface area contributed by atoms with Crippen molar-refractivity contribution >= 4 is 27.5 Å². The number of aromatic nitrogens is 2. The van der Waals surface area contributed by atoms with Gasteiger partial charge in [-0.1, -0.05) is 19.1 Å². The number of nitrogens with one attached hydrogen (secondary N) is 1. The number of piperazine rings is 1. The molecule has 172 valence electrons. The van der Waals surface area contributed by atoms with Crippen molar-refractivity contribution in [1.29, 1.82) is 0 Å². The van der Waals surface area contributed by atoms with Gasteiger partial charge < -0.3 is 19.9 Å². The van der Waals surface area contributed by atoms with Gasteiger partial charge in [0, 0.05) is 50.7 Å². The lowest BCUT2D eigenvalue weighted by Crippen LogP contribution is -2.47. The highest BCUT2D eigenvalue weighted by Gasteiger charge is 2.19. The molecule has 0 aliphatic carbocycles. The molecule has 0 spiro atoms. The predicted molar refractivity (Wildman–Crippen MR) is 131 cm³/mol. The Balaban J connectivity index is 1.33. The fraction of sp³-hybridized carbons (Fsp3) is 0.500. The maximum atomic E-state index is 12.8. The van der Waals surface area contributed by atoms with Gasteiger partial charge in [0.25, 0.3) is 5.91 Å². The van der Waals surface area contributed by atoms with Gasteiger partial charge in [-0.2, -0.15) is 5.10 Å². The minimum Gasteiger partial charge on any atom is -0.497 e. The van der Waals surface area contributed by atoms with Crippen molar-refractivity contribution in [2.45, 2.75) is 19.8 Å². The van der Waals surface area contributed by atoms with Crippen LogP contribution in [0.1, 0.15) is 29.4 Å². The summed E-state index contributed by atoms with van der Waals surface area (Å²) in [5, 5.41) is 8.77. The van der Waals surface area contributed by atoms with Crippen molar-refractivity contribution in [2.75, 3.05) is 52.9 Å². The molecule has 0 saturated carbocycles. The minimum atomic E-state index is -0.00411. The lowest BCUT2D eigenvalue weighted by molar-refractivity contribution is 0.0952. The molecule has 4 rings (SSSR count). The van der Waals surface area contributed by atoms with Gasteiger partial charge in [0.1, 0.15) is 16.3 Å². The third-order valence-corrected chi connectivity index (χ3v) is 7.22. The van der Waals surface area contributed by atoms with E-state index in [0.29, 0.717) is 6.54 Å². The Morgan fingerprint density at radius 2 is 1.91 bits per heavy atom. The number of thiophene rings is 1. The van der Waals surface area contributed by atoms with Crippen LogP contribution in [0, 0.1) is 0 Å². The van der Waals surface area contributed by atoms with Gasteiger partial charge in [-0.15, -0.1) is 11.3 Å². The van der Waals surface area contributed by atoms with E-state index in [2.05, 4.69) is 27.1 Å². The van der Waals surface area contributed by atoms with Crippen LogP contribution in [0.15, 0.2) is 30.3 Å². The largest absolute Gasteiger partial charge is 0.497 e. The molecule has 8 heteroatoms. The lowest BCUT2D eigenvalue weighted by Gasteiger charge is -2.34. The lowest BCUT2D eigenvalue weighted by atomic mass is 10.1. The van der Waals surface area contributed by atoms with E-state index in [1.807, 2.05) is 42.1 Å². The number of hydrogen-bond acceptors (Lipinski definition) is 6. The molecular formula is C24H33N5O2S. The molecule has 3 heterocycles. The Morgan fingerprint density at radius 1 is 1.16 bits per heavy atom. The molecule has 0 radical (unpaired) electrons. The topological polar surface area (TPSA) is 62.6 Å². The quantitative estimate of drug-likeness (QED) is 0.501. The third kappa shape index (κ3) is 5.14. The van der Waals surface area contributed by atoms with Crippen LogP contribution >= 0.6 is 11.3 Å². The molecular weight excluding hydrogens is 422 g/mol. The smallest absolute Gasteiger partial charge is 0.261 e. The van der Waals surface area contributed by atoms with Gasteiger partial charge in [-0.3, -0.25) is 9.48 Å². The zero-order valence-corrected chi connectivity index (χ0v) is 20.1. The van der Waals surface area contributed by atoms with Crippen molar-refractivity contribution in [1.82, 2.24) is 24.9 Å².